The van der Waals surface area contributed by atoms with Crippen LogP contribution < -0.4 is 0 Å². The number of nitrogens with zero attached hydrogens (tertiary/aromatic N) is 2. The van der Waals surface area contributed by atoms with Gasteiger partial charge in [0.15, 0.2) is 0 Å². The summed E-state index contributed by atoms with van der Waals surface area (Å²) in [5.41, 5.74) is 5.80. The zero-order chi connectivity index (χ0) is 14.8. The number of halogens is 1. The quantitative estimate of drug-likeness (QED) is 0.608. The van der Waals surface area contributed by atoms with E-state index in [2.05, 4.69) is 60.9 Å². The SMILES string of the molecule is CCCn1c(-c2ccc(CCl)cc2)nc2cc(C)ccc21. The van der Waals surface area contributed by atoms with Crippen LogP contribution in [0.3, 0.4) is 0 Å². The van der Waals surface area contributed by atoms with E-state index in [4.69, 9.17) is 16.6 Å². The lowest BCUT2D eigenvalue weighted by Crippen LogP contribution is -1.99. The van der Waals surface area contributed by atoms with Crippen LogP contribution in [0.5, 0.6) is 0 Å². The molecule has 0 saturated carbocycles. The first-order valence-corrected chi connectivity index (χ1v) is 7.88. The van der Waals surface area contributed by atoms with E-state index < -0.39 is 0 Å². The third-order valence-corrected chi connectivity index (χ3v) is 4.03. The minimum absolute atomic E-state index is 0.546. The highest BCUT2D eigenvalue weighted by atomic mass is 35.5. The molecular weight excluding hydrogens is 280 g/mol. The molecule has 2 nitrogen and oxygen atoms in total. The van der Waals surface area contributed by atoms with E-state index >= 15 is 0 Å². The molecule has 0 radical (unpaired) electrons. The van der Waals surface area contributed by atoms with Gasteiger partial charge in [0.25, 0.3) is 0 Å². The van der Waals surface area contributed by atoms with Crippen LogP contribution in [0, 0.1) is 6.92 Å². The number of hydrogen-bond donors (Lipinski definition) is 0. The third-order valence-electron chi connectivity index (χ3n) is 3.72. The maximum Gasteiger partial charge on any atom is 0.141 e. The van der Waals surface area contributed by atoms with E-state index in [1.807, 2.05) is 0 Å². The van der Waals surface area contributed by atoms with Gasteiger partial charge < -0.3 is 4.57 Å². The Morgan fingerprint density at radius 3 is 2.52 bits per heavy atom. The molecule has 108 valence electrons. The Labute approximate surface area is 130 Å². The topological polar surface area (TPSA) is 17.8 Å². The number of aromatic nitrogens is 2. The summed E-state index contributed by atoms with van der Waals surface area (Å²) in [6.07, 6.45) is 1.09. The maximum atomic E-state index is 5.87. The van der Waals surface area contributed by atoms with Gasteiger partial charge in [0, 0.05) is 18.0 Å². The molecule has 21 heavy (non-hydrogen) atoms. The summed E-state index contributed by atoms with van der Waals surface area (Å²) in [6.45, 7) is 5.28. The second-order valence-electron chi connectivity index (χ2n) is 5.41. The predicted octanol–water partition coefficient (Wildman–Crippen LogP) is 5.16. The van der Waals surface area contributed by atoms with E-state index in [0.717, 1.165) is 35.4 Å². The summed E-state index contributed by atoms with van der Waals surface area (Å²) in [4.78, 5) is 4.85. The van der Waals surface area contributed by atoms with Crippen LogP contribution in [0.4, 0.5) is 0 Å². The Morgan fingerprint density at radius 2 is 1.86 bits per heavy atom. The minimum atomic E-state index is 0.546. The summed E-state index contributed by atoms with van der Waals surface area (Å²) in [6, 6.07) is 14.8. The average molecular weight is 299 g/mol. The first kappa shape index (κ1) is 14.2. The van der Waals surface area contributed by atoms with E-state index in [1.165, 1.54) is 11.1 Å². The van der Waals surface area contributed by atoms with Gasteiger partial charge in [-0.3, -0.25) is 0 Å². The standard InChI is InChI=1S/C18H19ClN2/c1-3-10-21-17-9-4-13(2)11-16(17)20-18(21)15-7-5-14(12-19)6-8-15/h4-9,11H,3,10,12H2,1-2H3. The summed E-state index contributed by atoms with van der Waals surface area (Å²) in [7, 11) is 0. The van der Waals surface area contributed by atoms with Gasteiger partial charge in [0.2, 0.25) is 0 Å². The summed E-state index contributed by atoms with van der Waals surface area (Å²) in [5.74, 6) is 1.59. The van der Waals surface area contributed by atoms with Crippen molar-refractivity contribution in [2.45, 2.75) is 32.7 Å². The van der Waals surface area contributed by atoms with E-state index in [0.29, 0.717) is 5.88 Å². The third kappa shape index (κ3) is 2.68. The Hall–Kier alpha value is -1.80. The molecule has 0 unspecified atom stereocenters. The molecule has 0 N–H and O–H groups in total. The lowest BCUT2D eigenvalue weighted by atomic mass is 10.1. The molecule has 0 aliphatic heterocycles. The molecular formula is C18H19ClN2. The number of aryl methyl sites for hydroxylation is 2. The van der Waals surface area contributed by atoms with Crippen molar-refractivity contribution < 1.29 is 0 Å². The zero-order valence-electron chi connectivity index (χ0n) is 12.4. The highest BCUT2D eigenvalue weighted by Crippen LogP contribution is 2.26. The fourth-order valence-electron chi connectivity index (χ4n) is 2.65. The summed E-state index contributed by atoms with van der Waals surface area (Å²) < 4.78 is 2.31. The Balaban J connectivity index is 2.17. The number of benzene rings is 2. The first-order chi connectivity index (χ1) is 10.2. The molecule has 0 spiro atoms. The molecule has 1 heterocycles. The number of hydrogen-bond acceptors (Lipinski definition) is 1. The van der Waals surface area contributed by atoms with Crippen LogP contribution in [0.1, 0.15) is 24.5 Å². The highest BCUT2D eigenvalue weighted by Gasteiger charge is 2.12. The molecule has 0 aliphatic carbocycles. The number of rotatable bonds is 4. The van der Waals surface area contributed by atoms with Gasteiger partial charge >= 0.3 is 0 Å². The van der Waals surface area contributed by atoms with Gasteiger partial charge in [-0.1, -0.05) is 37.3 Å². The van der Waals surface area contributed by atoms with Crippen molar-refractivity contribution in [1.29, 1.82) is 0 Å². The van der Waals surface area contributed by atoms with Crippen molar-refractivity contribution in [3.63, 3.8) is 0 Å². The van der Waals surface area contributed by atoms with Crippen molar-refractivity contribution in [3.05, 3.63) is 53.6 Å². The van der Waals surface area contributed by atoms with Crippen LogP contribution in [-0.4, -0.2) is 9.55 Å². The molecule has 3 heteroatoms. The minimum Gasteiger partial charge on any atom is -0.324 e. The van der Waals surface area contributed by atoms with Crippen molar-refractivity contribution >= 4 is 22.6 Å². The lowest BCUT2D eigenvalue weighted by molar-refractivity contribution is 0.704. The van der Waals surface area contributed by atoms with Gasteiger partial charge in [-0.2, -0.15) is 0 Å². The largest absolute Gasteiger partial charge is 0.324 e. The second kappa shape index (κ2) is 5.90. The Morgan fingerprint density at radius 1 is 1.10 bits per heavy atom. The molecule has 3 aromatic rings. The lowest BCUT2D eigenvalue weighted by Gasteiger charge is -2.08. The van der Waals surface area contributed by atoms with Crippen LogP contribution >= 0.6 is 11.6 Å². The van der Waals surface area contributed by atoms with Crippen LogP contribution in [0.2, 0.25) is 0 Å². The van der Waals surface area contributed by atoms with Crippen LogP contribution in [0.15, 0.2) is 42.5 Å². The fourth-order valence-corrected chi connectivity index (χ4v) is 2.83. The smallest absolute Gasteiger partial charge is 0.141 e. The molecule has 0 bridgehead atoms. The van der Waals surface area contributed by atoms with Crippen molar-refractivity contribution in [2.75, 3.05) is 0 Å². The van der Waals surface area contributed by atoms with Gasteiger partial charge in [-0.15, -0.1) is 11.6 Å². The Kier molecular flexibility index (Phi) is 3.98. The van der Waals surface area contributed by atoms with Gasteiger partial charge in [0.05, 0.1) is 11.0 Å². The second-order valence-corrected chi connectivity index (χ2v) is 5.68. The van der Waals surface area contributed by atoms with Gasteiger partial charge in [0.1, 0.15) is 5.82 Å². The molecule has 0 saturated heterocycles. The zero-order valence-corrected chi connectivity index (χ0v) is 13.2. The normalized spacial score (nSPS) is 11.2. The molecule has 2 aromatic carbocycles. The molecule has 3 rings (SSSR count). The summed E-state index contributed by atoms with van der Waals surface area (Å²) in [5, 5.41) is 0. The summed E-state index contributed by atoms with van der Waals surface area (Å²) >= 11 is 5.87. The van der Waals surface area contributed by atoms with Crippen molar-refractivity contribution in [3.8, 4) is 11.4 Å². The number of imidazole rings is 1. The van der Waals surface area contributed by atoms with E-state index in [-0.39, 0.29) is 0 Å². The predicted molar refractivity (Wildman–Crippen MR) is 89.8 cm³/mol. The van der Waals surface area contributed by atoms with E-state index in [1.54, 1.807) is 0 Å². The number of alkyl halides is 1. The molecule has 0 amide bonds. The maximum absolute atomic E-state index is 5.87. The van der Waals surface area contributed by atoms with Gasteiger partial charge in [-0.25, -0.2) is 4.98 Å². The number of fused-ring (bicyclic) bond motifs is 1. The molecule has 0 atom stereocenters. The monoisotopic (exact) mass is 298 g/mol. The molecule has 0 fully saturated rings. The first-order valence-electron chi connectivity index (χ1n) is 7.35. The molecule has 1 aromatic heterocycles. The average Bonchev–Trinajstić information content (AvgIpc) is 2.85. The van der Waals surface area contributed by atoms with E-state index in [9.17, 15) is 0 Å². The van der Waals surface area contributed by atoms with Crippen LogP contribution in [-0.2, 0) is 12.4 Å². The Bertz CT molecular complexity index is 757. The molecule has 0 aliphatic rings. The highest BCUT2D eigenvalue weighted by molar-refractivity contribution is 6.17. The van der Waals surface area contributed by atoms with Gasteiger partial charge in [-0.05, 0) is 36.6 Å². The van der Waals surface area contributed by atoms with Crippen LogP contribution in [0.25, 0.3) is 22.4 Å². The van der Waals surface area contributed by atoms with Crippen molar-refractivity contribution in [1.82, 2.24) is 9.55 Å². The fraction of sp³-hybridized carbons (Fsp3) is 0.278. The van der Waals surface area contributed by atoms with Crippen molar-refractivity contribution in [2.24, 2.45) is 0 Å².